The van der Waals surface area contributed by atoms with Gasteiger partial charge in [0.1, 0.15) is 11.6 Å². The molecule has 1 rings (SSSR count). The molecule has 0 aromatic heterocycles. The Kier molecular flexibility index (Phi) is 3.21. The quantitative estimate of drug-likeness (QED) is 0.674. The Labute approximate surface area is 89.0 Å². The molecule has 0 aromatic rings. The number of rotatable bonds is 1. The van der Waals surface area contributed by atoms with Crippen LogP contribution in [0.1, 0.15) is 33.6 Å². The van der Waals surface area contributed by atoms with Gasteiger partial charge in [0.25, 0.3) is 0 Å². The molecular weight excluding hydrogens is 199 g/mol. The van der Waals surface area contributed by atoms with E-state index in [1.54, 1.807) is 20.8 Å². The second kappa shape index (κ2) is 4.08. The van der Waals surface area contributed by atoms with E-state index in [-0.39, 0.29) is 0 Å². The number of aliphatic carboxylic acids is 1. The van der Waals surface area contributed by atoms with E-state index < -0.39 is 23.7 Å². The fourth-order valence-corrected chi connectivity index (χ4v) is 1.56. The second-order valence-corrected chi connectivity index (χ2v) is 4.67. The summed E-state index contributed by atoms with van der Waals surface area (Å²) >= 11 is 0. The van der Waals surface area contributed by atoms with Crippen molar-refractivity contribution in [2.45, 2.75) is 45.3 Å². The van der Waals surface area contributed by atoms with Gasteiger partial charge in [0, 0.05) is 6.54 Å². The summed E-state index contributed by atoms with van der Waals surface area (Å²) in [5, 5.41) is 8.88. The van der Waals surface area contributed by atoms with Crippen molar-refractivity contribution in [3.63, 3.8) is 0 Å². The Morgan fingerprint density at radius 2 is 2.00 bits per heavy atom. The van der Waals surface area contributed by atoms with Gasteiger partial charge in [0.05, 0.1) is 0 Å². The first-order valence-electron chi connectivity index (χ1n) is 5.04. The maximum atomic E-state index is 11.6. The van der Waals surface area contributed by atoms with E-state index in [2.05, 4.69) is 0 Å². The van der Waals surface area contributed by atoms with Crippen LogP contribution in [0.25, 0.3) is 0 Å². The summed E-state index contributed by atoms with van der Waals surface area (Å²) in [5.74, 6) is -0.960. The van der Waals surface area contributed by atoms with Gasteiger partial charge in [0.15, 0.2) is 0 Å². The molecule has 1 amide bonds. The molecule has 0 aliphatic carbocycles. The van der Waals surface area contributed by atoms with Gasteiger partial charge in [-0.05, 0) is 33.6 Å². The Bertz CT molecular complexity index is 269. The minimum absolute atomic E-state index is 0.464. The molecule has 1 fully saturated rings. The second-order valence-electron chi connectivity index (χ2n) is 4.67. The van der Waals surface area contributed by atoms with Crippen LogP contribution < -0.4 is 0 Å². The number of hydrogen-bond donors (Lipinski definition) is 1. The zero-order valence-corrected chi connectivity index (χ0v) is 9.32. The third-order valence-electron chi connectivity index (χ3n) is 2.17. The van der Waals surface area contributed by atoms with Crippen LogP contribution in [0, 0.1) is 0 Å². The van der Waals surface area contributed by atoms with Gasteiger partial charge in [-0.15, -0.1) is 0 Å². The van der Waals surface area contributed by atoms with Gasteiger partial charge in [0.2, 0.25) is 0 Å². The van der Waals surface area contributed by atoms with Crippen LogP contribution in [0.5, 0.6) is 0 Å². The molecule has 0 aromatic carbocycles. The zero-order valence-electron chi connectivity index (χ0n) is 9.32. The minimum atomic E-state index is -0.960. The molecule has 86 valence electrons. The van der Waals surface area contributed by atoms with Crippen molar-refractivity contribution in [2.24, 2.45) is 0 Å². The molecule has 1 N–H and O–H groups in total. The molecule has 0 bridgehead atoms. The number of likely N-dealkylation sites (tertiary alicyclic amines) is 1. The van der Waals surface area contributed by atoms with Crippen LogP contribution in [-0.4, -0.2) is 40.3 Å². The van der Waals surface area contributed by atoms with Crippen molar-refractivity contribution >= 4 is 12.1 Å². The highest BCUT2D eigenvalue weighted by molar-refractivity contribution is 5.80. The largest absolute Gasteiger partial charge is 0.480 e. The van der Waals surface area contributed by atoms with Crippen LogP contribution in [0.2, 0.25) is 0 Å². The average molecular weight is 216 g/mol. The minimum Gasteiger partial charge on any atom is -0.480 e. The molecule has 0 spiro atoms. The van der Waals surface area contributed by atoms with Crippen molar-refractivity contribution in [2.75, 3.05) is 6.54 Å². The Morgan fingerprint density at radius 3 is 2.47 bits per heavy atom. The molecule has 0 radical (unpaired) electrons. The van der Waals surface area contributed by atoms with Crippen molar-refractivity contribution in [1.82, 2.24) is 4.90 Å². The third-order valence-corrected chi connectivity index (χ3v) is 2.17. The topological polar surface area (TPSA) is 66.8 Å². The molecule has 15 heavy (non-hydrogen) atoms. The number of ether oxygens (including phenoxy) is 1. The van der Waals surface area contributed by atoms with E-state index in [0.717, 1.165) is 6.42 Å². The van der Waals surface area contributed by atoms with Crippen LogP contribution in [0.4, 0.5) is 4.79 Å². The van der Waals surface area contributed by atoms with Gasteiger partial charge in [-0.2, -0.15) is 0 Å². The lowest BCUT2D eigenvalue weighted by molar-refractivity contribution is -0.142. The van der Waals surface area contributed by atoms with E-state index in [4.69, 9.17) is 9.84 Å². The maximum Gasteiger partial charge on any atom is 0.411 e. The lowest BCUT2D eigenvalue weighted by Crippen LogP contribution is -2.43. The summed E-state index contributed by atoms with van der Waals surface area (Å²) in [6.07, 6.45) is 0.692. The molecule has 0 unspecified atom stereocenters. The highest BCUT2D eigenvalue weighted by atomic mass is 16.6. The molecular formula is C10H17NO4. The number of carbonyl (C=O) groups excluding carboxylic acids is 1. The van der Waals surface area contributed by atoms with Crippen molar-refractivity contribution < 1.29 is 19.4 Å². The number of nitrogens with zero attached hydrogens (tertiary/aromatic N) is 1. The summed E-state index contributed by atoms with van der Waals surface area (Å²) in [4.78, 5) is 23.7. The summed E-state index contributed by atoms with van der Waals surface area (Å²) in [7, 11) is 0. The monoisotopic (exact) mass is 216 g/mol. The number of amides is 1. The highest BCUT2D eigenvalue weighted by Crippen LogP contribution is 2.20. The Balaban J connectivity index is 2.63. The van der Waals surface area contributed by atoms with E-state index >= 15 is 0 Å². The first-order chi connectivity index (χ1) is 6.81. The fourth-order valence-electron chi connectivity index (χ4n) is 1.56. The van der Waals surface area contributed by atoms with E-state index in [0.29, 0.717) is 13.0 Å². The Morgan fingerprint density at radius 1 is 1.40 bits per heavy atom. The maximum absolute atomic E-state index is 11.6. The molecule has 1 atom stereocenters. The molecule has 1 aliphatic rings. The molecule has 5 heteroatoms. The van der Waals surface area contributed by atoms with Gasteiger partial charge in [-0.1, -0.05) is 0 Å². The predicted octanol–water partition coefficient (Wildman–Crippen LogP) is 1.47. The lowest BCUT2D eigenvalue weighted by atomic mass is 10.2. The molecule has 1 aliphatic heterocycles. The lowest BCUT2D eigenvalue weighted by Gasteiger charge is -2.26. The zero-order chi connectivity index (χ0) is 11.6. The van der Waals surface area contributed by atoms with E-state index in [1.165, 1.54) is 4.90 Å². The van der Waals surface area contributed by atoms with Crippen LogP contribution >= 0.6 is 0 Å². The number of carboxylic acids is 1. The van der Waals surface area contributed by atoms with Crippen LogP contribution in [0.3, 0.4) is 0 Å². The van der Waals surface area contributed by atoms with E-state index in [9.17, 15) is 9.59 Å². The van der Waals surface area contributed by atoms with Gasteiger partial charge in [-0.25, -0.2) is 9.59 Å². The fraction of sp³-hybridized carbons (Fsp3) is 0.800. The van der Waals surface area contributed by atoms with Gasteiger partial charge in [-0.3, -0.25) is 4.90 Å². The first kappa shape index (κ1) is 11.8. The standard InChI is InChI=1S/C10H17NO4/c1-10(2,3)15-9(14)11-6-4-5-7(11)8(12)13/h7H,4-6H2,1-3H3,(H,12,13)/t7-/m0/s1/i11+1. The number of carbonyl (C=O) groups is 2. The first-order valence-corrected chi connectivity index (χ1v) is 5.04. The van der Waals surface area contributed by atoms with Crippen LogP contribution in [0.15, 0.2) is 0 Å². The van der Waals surface area contributed by atoms with Crippen molar-refractivity contribution in [1.29, 1.82) is 0 Å². The summed E-state index contributed by atoms with van der Waals surface area (Å²) in [6.45, 7) is 5.75. The van der Waals surface area contributed by atoms with Crippen LogP contribution in [-0.2, 0) is 9.53 Å². The van der Waals surface area contributed by atoms with Gasteiger partial charge >= 0.3 is 12.1 Å². The normalized spacial score (nSPS) is 21.5. The van der Waals surface area contributed by atoms with E-state index in [1.807, 2.05) is 0 Å². The SMILES string of the molecule is CC(C)(C)OC(=O)[15N]1CCC[C@H]1C(=O)O. The molecule has 1 heterocycles. The number of carboxylic acid groups (broad SMARTS) is 1. The molecule has 0 saturated carbocycles. The predicted molar refractivity (Wildman–Crippen MR) is 53.6 cm³/mol. The molecule has 1 saturated heterocycles. The molecule has 5 nitrogen and oxygen atoms in total. The summed E-state index contributed by atoms with van der Waals surface area (Å²) in [6, 6.07) is -0.722. The average Bonchev–Trinajstić information content (AvgIpc) is 2.47. The van der Waals surface area contributed by atoms with Crippen molar-refractivity contribution in [3.05, 3.63) is 0 Å². The van der Waals surface area contributed by atoms with Crippen molar-refractivity contribution in [3.8, 4) is 0 Å². The smallest absolute Gasteiger partial charge is 0.411 e. The summed E-state index contributed by atoms with van der Waals surface area (Å²) < 4.78 is 5.13. The third kappa shape index (κ3) is 3.11. The van der Waals surface area contributed by atoms with Gasteiger partial charge < -0.3 is 9.84 Å². The Hall–Kier alpha value is -1.26. The highest BCUT2D eigenvalue weighted by Gasteiger charge is 2.36. The number of hydrogen-bond acceptors (Lipinski definition) is 3. The summed E-state index contributed by atoms with van der Waals surface area (Å²) in [5.41, 5.74) is -0.581.